The Bertz CT molecular complexity index is 1150. The van der Waals surface area contributed by atoms with Crippen LogP contribution in [0, 0.1) is 18.3 Å². The Morgan fingerprint density at radius 1 is 1.00 bits per heavy atom. The number of carbonyl (C=O) groups excluding carboxylic acids is 3. The molecule has 0 spiro atoms. The van der Waals surface area contributed by atoms with Gasteiger partial charge < -0.3 is 15.3 Å². The van der Waals surface area contributed by atoms with Crippen LogP contribution in [0.1, 0.15) is 78.8 Å². The monoisotopic (exact) mass is 548 g/mol. The number of amides is 3. The number of benzene rings is 2. The molecule has 3 amide bonds. The molecule has 0 aliphatic carbocycles. The third kappa shape index (κ3) is 10.5. The van der Waals surface area contributed by atoms with Gasteiger partial charge in [0.2, 0.25) is 5.91 Å². The minimum Gasteiger partial charge on any atom is -0.390 e. The standard InChI is InChI=1S/C32H44N4O4/c1-7-15-36(16-8-2)32(40)27-19-24(9-3)18-26(21-27)31(39)33-28(20-25-13-11-10-12-14-25)29(37)22-35(6)34-30(38)17-23(4)5/h3,10-14,18-19,21,23,28-29,37H,7-8,15-17,20,22H2,1-2,4-6H3,(H,33,39)(H,34,38). The molecule has 2 unspecified atom stereocenters. The van der Waals surface area contributed by atoms with Crippen molar-refractivity contribution in [1.82, 2.24) is 20.7 Å². The molecule has 0 heterocycles. The van der Waals surface area contributed by atoms with Gasteiger partial charge in [-0.25, -0.2) is 5.01 Å². The van der Waals surface area contributed by atoms with Gasteiger partial charge >= 0.3 is 0 Å². The van der Waals surface area contributed by atoms with E-state index in [1.165, 1.54) is 5.01 Å². The van der Waals surface area contributed by atoms with Gasteiger partial charge in [-0.15, -0.1) is 6.42 Å². The van der Waals surface area contributed by atoms with Crippen molar-refractivity contribution in [2.45, 2.75) is 65.5 Å². The maximum Gasteiger partial charge on any atom is 0.253 e. The quantitative estimate of drug-likeness (QED) is 0.233. The molecule has 0 aromatic heterocycles. The summed E-state index contributed by atoms with van der Waals surface area (Å²) in [6.45, 7) is 9.26. The van der Waals surface area contributed by atoms with Crippen LogP contribution in [0.5, 0.6) is 0 Å². The topological polar surface area (TPSA) is 102 Å². The van der Waals surface area contributed by atoms with Gasteiger partial charge in [-0.3, -0.25) is 19.8 Å². The molecule has 0 aliphatic rings. The largest absolute Gasteiger partial charge is 0.390 e. The molecule has 0 fully saturated rings. The Balaban J connectivity index is 2.29. The van der Waals surface area contributed by atoms with E-state index in [4.69, 9.17) is 6.42 Å². The molecule has 0 bridgehead atoms. The van der Waals surface area contributed by atoms with Crippen molar-refractivity contribution in [3.63, 3.8) is 0 Å². The first kappa shape index (κ1) is 32.5. The zero-order valence-corrected chi connectivity index (χ0v) is 24.4. The van der Waals surface area contributed by atoms with E-state index < -0.39 is 18.1 Å². The highest BCUT2D eigenvalue weighted by Crippen LogP contribution is 2.15. The minimum atomic E-state index is -1.00. The van der Waals surface area contributed by atoms with Crippen molar-refractivity contribution in [2.24, 2.45) is 5.92 Å². The van der Waals surface area contributed by atoms with E-state index in [0.29, 0.717) is 37.1 Å². The van der Waals surface area contributed by atoms with Crippen LogP contribution in [0.15, 0.2) is 48.5 Å². The predicted octanol–water partition coefficient (Wildman–Crippen LogP) is 3.64. The van der Waals surface area contributed by atoms with Crippen LogP contribution < -0.4 is 10.7 Å². The van der Waals surface area contributed by atoms with Crippen molar-refractivity contribution in [3.8, 4) is 12.3 Å². The first-order valence-corrected chi connectivity index (χ1v) is 14.0. The lowest BCUT2D eigenvalue weighted by molar-refractivity contribution is -0.126. The van der Waals surface area contributed by atoms with Gasteiger partial charge in [0, 0.05) is 49.8 Å². The maximum absolute atomic E-state index is 13.5. The van der Waals surface area contributed by atoms with Crippen molar-refractivity contribution in [1.29, 1.82) is 0 Å². The van der Waals surface area contributed by atoms with E-state index in [2.05, 4.69) is 16.7 Å². The number of likely N-dealkylation sites (N-methyl/N-ethyl adjacent to an activating group) is 1. The minimum absolute atomic E-state index is 0.0960. The number of carbonyl (C=O) groups is 3. The summed E-state index contributed by atoms with van der Waals surface area (Å²) in [6.07, 6.45) is 7.03. The lowest BCUT2D eigenvalue weighted by atomic mass is 9.99. The number of hydrazine groups is 1. The summed E-state index contributed by atoms with van der Waals surface area (Å²) in [5.41, 5.74) is 4.73. The summed E-state index contributed by atoms with van der Waals surface area (Å²) in [7, 11) is 1.68. The summed E-state index contributed by atoms with van der Waals surface area (Å²) >= 11 is 0. The molecule has 8 nitrogen and oxygen atoms in total. The molecular formula is C32H44N4O4. The third-order valence-corrected chi connectivity index (χ3v) is 6.33. The summed E-state index contributed by atoms with van der Waals surface area (Å²) < 4.78 is 0. The number of hydrogen-bond acceptors (Lipinski definition) is 5. The van der Waals surface area contributed by atoms with Gasteiger partial charge in [-0.2, -0.15) is 0 Å². The fraction of sp³-hybridized carbons (Fsp3) is 0.469. The van der Waals surface area contributed by atoms with Gasteiger partial charge in [0.05, 0.1) is 12.1 Å². The van der Waals surface area contributed by atoms with Crippen molar-refractivity contribution in [3.05, 3.63) is 70.8 Å². The second-order valence-corrected chi connectivity index (χ2v) is 10.6. The molecule has 2 aromatic carbocycles. The average Bonchev–Trinajstić information content (AvgIpc) is 2.91. The zero-order valence-electron chi connectivity index (χ0n) is 24.4. The van der Waals surface area contributed by atoms with Gasteiger partial charge in [0.25, 0.3) is 11.8 Å². The molecule has 0 aliphatic heterocycles. The van der Waals surface area contributed by atoms with E-state index in [9.17, 15) is 19.5 Å². The molecule has 3 N–H and O–H groups in total. The van der Waals surface area contributed by atoms with Gasteiger partial charge in [-0.05, 0) is 48.9 Å². The zero-order chi connectivity index (χ0) is 29.7. The van der Waals surface area contributed by atoms with E-state index in [0.717, 1.165) is 18.4 Å². The first-order valence-electron chi connectivity index (χ1n) is 14.0. The Hall–Kier alpha value is -3.67. The Morgan fingerprint density at radius 3 is 2.20 bits per heavy atom. The van der Waals surface area contributed by atoms with E-state index in [1.807, 2.05) is 58.0 Å². The van der Waals surface area contributed by atoms with Crippen molar-refractivity contribution >= 4 is 17.7 Å². The highest BCUT2D eigenvalue weighted by Gasteiger charge is 2.25. The second-order valence-electron chi connectivity index (χ2n) is 10.6. The Labute approximate surface area is 239 Å². The molecule has 0 saturated heterocycles. The number of nitrogens with one attached hydrogen (secondary N) is 2. The molecule has 0 radical (unpaired) electrons. The van der Waals surface area contributed by atoms with Gasteiger partial charge in [-0.1, -0.05) is 63.9 Å². The number of nitrogens with zero attached hydrogens (tertiary/aromatic N) is 2. The average molecular weight is 549 g/mol. The Morgan fingerprint density at radius 2 is 1.62 bits per heavy atom. The van der Waals surface area contributed by atoms with Crippen LogP contribution in [0.4, 0.5) is 0 Å². The molecule has 40 heavy (non-hydrogen) atoms. The van der Waals surface area contributed by atoms with Crippen LogP contribution in [0.3, 0.4) is 0 Å². The van der Waals surface area contributed by atoms with Crippen LogP contribution in [-0.2, 0) is 11.2 Å². The molecule has 216 valence electrons. The predicted molar refractivity (Wildman–Crippen MR) is 158 cm³/mol. The number of aliphatic hydroxyl groups is 1. The molecule has 2 aromatic rings. The van der Waals surface area contributed by atoms with Crippen molar-refractivity contribution in [2.75, 3.05) is 26.7 Å². The van der Waals surface area contributed by atoms with Gasteiger partial charge in [0.1, 0.15) is 0 Å². The highest BCUT2D eigenvalue weighted by molar-refractivity contribution is 6.00. The Kier molecular flexibility index (Phi) is 13.4. The molecule has 2 atom stereocenters. The molecule has 2 rings (SSSR count). The highest BCUT2D eigenvalue weighted by atomic mass is 16.3. The summed E-state index contributed by atoms with van der Waals surface area (Å²) in [5, 5.41) is 15.6. The normalized spacial score (nSPS) is 12.5. The lowest BCUT2D eigenvalue weighted by Crippen LogP contribution is -2.52. The SMILES string of the molecule is C#Cc1cc(C(=O)NC(Cc2ccccc2)C(O)CN(C)NC(=O)CC(C)C)cc(C(=O)N(CCC)CCC)c1. The number of terminal acetylenes is 1. The summed E-state index contributed by atoms with van der Waals surface area (Å²) in [5.74, 6) is 1.99. The second kappa shape index (κ2) is 16.4. The van der Waals surface area contributed by atoms with E-state index in [1.54, 1.807) is 30.1 Å². The fourth-order valence-electron chi connectivity index (χ4n) is 4.49. The fourth-order valence-corrected chi connectivity index (χ4v) is 4.49. The molecular weight excluding hydrogens is 504 g/mol. The van der Waals surface area contributed by atoms with Gasteiger partial charge in [0.15, 0.2) is 0 Å². The summed E-state index contributed by atoms with van der Waals surface area (Å²) in [6, 6.07) is 13.6. The maximum atomic E-state index is 13.5. The number of aliphatic hydroxyl groups excluding tert-OH is 1. The smallest absolute Gasteiger partial charge is 0.253 e. The van der Waals surface area contributed by atoms with E-state index in [-0.39, 0.29) is 29.8 Å². The lowest BCUT2D eigenvalue weighted by Gasteiger charge is -2.28. The van der Waals surface area contributed by atoms with Crippen LogP contribution in [-0.4, -0.2) is 71.6 Å². The van der Waals surface area contributed by atoms with Crippen LogP contribution in [0.25, 0.3) is 0 Å². The number of hydrogen-bond donors (Lipinski definition) is 3. The third-order valence-electron chi connectivity index (χ3n) is 6.33. The van der Waals surface area contributed by atoms with Crippen molar-refractivity contribution < 1.29 is 19.5 Å². The number of rotatable bonds is 15. The van der Waals surface area contributed by atoms with Crippen LogP contribution >= 0.6 is 0 Å². The van der Waals surface area contributed by atoms with E-state index >= 15 is 0 Å². The molecule has 8 heteroatoms. The van der Waals surface area contributed by atoms with Crippen LogP contribution in [0.2, 0.25) is 0 Å². The first-order chi connectivity index (χ1) is 19.1. The molecule has 0 saturated carbocycles. The summed E-state index contributed by atoms with van der Waals surface area (Å²) in [4.78, 5) is 40.7.